The molecule has 29 heavy (non-hydrogen) atoms. The number of hydrogen-bond donors (Lipinski definition) is 1. The van der Waals surface area contributed by atoms with Crippen molar-refractivity contribution >= 4 is 47.4 Å². The third-order valence-corrected chi connectivity index (χ3v) is 5.60. The summed E-state index contributed by atoms with van der Waals surface area (Å²) in [5.74, 6) is 1.97. The molecule has 2 fully saturated rings. The van der Waals surface area contributed by atoms with Crippen LogP contribution >= 0.6 is 35.6 Å². The first-order valence-electron chi connectivity index (χ1n) is 9.77. The Morgan fingerprint density at radius 2 is 1.93 bits per heavy atom. The molecule has 0 aliphatic carbocycles. The van der Waals surface area contributed by atoms with E-state index in [1.165, 1.54) is 0 Å². The zero-order valence-corrected chi connectivity index (χ0v) is 20.1. The second-order valence-corrected chi connectivity index (χ2v) is 7.49. The lowest BCUT2D eigenvalue weighted by Gasteiger charge is -2.36. The van der Waals surface area contributed by atoms with Crippen molar-refractivity contribution in [1.29, 1.82) is 0 Å². The minimum Gasteiger partial charge on any atom is -0.496 e. The van der Waals surface area contributed by atoms with Crippen LogP contribution in [0.15, 0.2) is 23.2 Å². The van der Waals surface area contributed by atoms with Crippen molar-refractivity contribution in [2.24, 2.45) is 10.9 Å². The lowest BCUT2D eigenvalue weighted by molar-refractivity contribution is -0.140. The van der Waals surface area contributed by atoms with E-state index in [1.807, 2.05) is 23.1 Å². The molecule has 2 saturated heterocycles. The monoisotopic (exact) mass is 536 g/mol. The molecule has 0 bridgehead atoms. The number of aliphatic imine (C=N–C) groups is 1. The molecule has 0 saturated carbocycles. The normalized spacial score (nSPS) is 18.2. The first-order chi connectivity index (χ1) is 13.6. The van der Waals surface area contributed by atoms with Crippen LogP contribution in [-0.4, -0.2) is 75.2 Å². The fourth-order valence-electron chi connectivity index (χ4n) is 3.75. The molecule has 0 spiro atoms. The minimum atomic E-state index is 0. The van der Waals surface area contributed by atoms with Gasteiger partial charge >= 0.3 is 0 Å². The Balaban J connectivity index is 0.00000300. The van der Waals surface area contributed by atoms with Gasteiger partial charge in [-0.2, -0.15) is 0 Å². The number of carbonyl (C=O) groups is 1. The molecular formula is C20H30ClIN4O3. The molecule has 162 valence electrons. The number of guanidine groups is 1. The number of nitrogens with one attached hydrogen (secondary N) is 1. The second-order valence-electron chi connectivity index (χ2n) is 7.06. The van der Waals surface area contributed by atoms with Crippen LogP contribution in [0.5, 0.6) is 5.75 Å². The van der Waals surface area contributed by atoms with E-state index in [9.17, 15) is 4.79 Å². The zero-order chi connectivity index (χ0) is 19.9. The predicted octanol–water partition coefficient (Wildman–Crippen LogP) is 2.61. The highest BCUT2D eigenvalue weighted by atomic mass is 127. The molecule has 1 aromatic carbocycles. The van der Waals surface area contributed by atoms with Gasteiger partial charge in [0.05, 0.1) is 20.3 Å². The molecule has 1 N–H and O–H groups in total. The van der Waals surface area contributed by atoms with Gasteiger partial charge in [-0.3, -0.25) is 9.79 Å². The lowest BCUT2D eigenvalue weighted by atomic mass is 9.95. The molecule has 2 aliphatic heterocycles. The Bertz CT molecular complexity index is 705. The minimum absolute atomic E-state index is 0. The van der Waals surface area contributed by atoms with Crippen molar-refractivity contribution in [2.45, 2.75) is 19.4 Å². The predicted molar refractivity (Wildman–Crippen MR) is 125 cm³/mol. The van der Waals surface area contributed by atoms with Crippen LogP contribution in [0.1, 0.15) is 18.4 Å². The molecule has 2 aliphatic rings. The van der Waals surface area contributed by atoms with Crippen molar-refractivity contribution in [2.75, 3.05) is 53.6 Å². The van der Waals surface area contributed by atoms with Crippen LogP contribution in [-0.2, 0) is 16.1 Å². The average Bonchev–Trinajstić information content (AvgIpc) is 2.75. The summed E-state index contributed by atoms with van der Waals surface area (Å²) in [5.41, 5.74) is 1.02. The molecule has 0 aromatic heterocycles. The molecule has 0 radical (unpaired) electrons. The van der Waals surface area contributed by atoms with Crippen molar-refractivity contribution in [1.82, 2.24) is 15.1 Å². The van der Waals surface area contributed by atoms with Gasteiger partial charge in [0.15, 0.2) is 5.96 Å². The number of hydrogen-bond acceptors (Lipinski definition) is 4. The fraction of sp³-hybridized carbons (Fsp3) is 0.600. The maximum Gasteiger partial charge on any atom is 0.225 e. The van der Waals surface area contributed by atoms with Gasteiger partial charge in [0, 0.05) is 56.3 Å². The van der Waals surface area contributed by atoms with Crippen molar-refractivity contribution < 1.29 is 14.3 Å². The highest BCUT2D eigenvalue weighted by Crippen LogP contribution is 2.24. The third kappa shape index (κ3) is 6.36. The van der Waals surface area contributed by atoms with E-state index in [4.69, 9.17) is 21.1 Å². The molecule has 0 unspecified atom stereocenters. The van der Waals surface area contributed by atoms with Gasteiger partial charge in [0.2, 0.25) is 5.91 Å². The van der Waals surface area contributed by atoms with Crippen LogP contribution < -0.4 is 10.1 Å². The first-order valence-corrected chi connectivity index (χ1v) is 10.1. The van der Waals surface area contributed by atoms with Crippen LogP contribution in [0.25, 0.3) is 0 Å². The number of halogens is 2. The summed E-state index contributed by atoms with van der Waals surface area (Å²) in [6.07, 6.45) is 1.70. The second kappa shape index (κ2) is 11.8. The summed E-state index contributed by atoms with van der Waals surface area (Å²) >= 11 is 6.03. The molecule has 1 amide bonds. The topological polar surface area (TPSA) is 66.4 Å². The third-order valence-electron chi connectivity index (χ3n) is 5.36. The SMILES string of the molecule is CN=C(NCc1ccc(Cl)cc1OC)N1CCC(C(=O)N2CCOCC2)CC1.I. The van der Waals surface area contributed by atoms with E-state index in [1.54, 1.807) is 14.2 Å². The summed E-state index contributed by atoms with van der Waals surface area (Å²) in [6, 6.07) is 5.62. The number of carbonyl (C=O) groups excluding carboxylic acids is 1. The average molecular weight is 537 g/mol. The summed E-state index contributed by atoms with van der Waals surface area (Å²) in [5, 5.41) is 4.05. The van der Waals surface area contributed by atoms with E-state index in [2.05, 4.69) is 15.2 Å². The highest BCUT2D eigenvalue weighted by Gasteiger charge is 2.30. The van der Waals surface area contributed by atoms with Crippen LogP contribution in [0, 0.1) is 5.92 Å². The van der Waals surface area contributed by atoms with E-state index in [-0.39, 0.29) is 35.8 Å². The Hall–Kier alpha value is -1.26. The number of nitrogens with zero attached hydrogens (tertiary/aromatic N) is 3. The van der Waals surface area contributed by atoms with Gasteiger partial charge in [-0.25, -0.2) is 0 Å². The quantitative estimate of drug-likeness (QED) is 0.364. The lowest BCUT2D eigenvalue weighted by Crippen LogP contribution is -2.49. The molecule has 7 nitrogen and oxygen atoms in total. The Kier molecular flexibility index (Phi) is 9.78. The van der Waals surface area contributed by atoms with E-state index >= 15 is 0 Å². The number of amides is 1. The first kappa shape index (κ1) is 24.0. The summed E-state index contributed by atoms with van der Waals surface area (Å²) in [7, 11) is 3.42. The number of likely N-dealkylation sites (tertiary alicyclic amines) is 1. The van der Waals surface area contributed by atoms with Gasteiger partial charge in [0.1, 0.15) is 5.75 Å². The van der Waals surface area contributed by atoms with Crippen molar-refractivity contribution in [3.05, 3.63) is 28.8 Å². The van der Waals surface area contributed by atoms with Gasteiger partial charge in [-0.1, -0.05) is 17.7 Å². The van der Waals surface area contributed by atoms with Crippen LogP contribution in [0.2, 0.25) is 5.02 Å². The largest absolute Gasteiger partial charge is 0.496 e. The van der Waals surface area contributed by atoms with Crippen LogP contribution in [0.4, 0.5) is 0 Å². The molecule has 9 heteroatoms. The maximum absolute atomic E-state index is 12.7. The molecule has 1 aromatic rings. The van der Waals surface area contributed by atoms with E-state index < -0.39 is 0 Å². The van der Waals surface area contributed by atoms with E-state index in [0.29, 0.717) is 37.9 Å². The standard InChI is InChI=1S/C20H29ClN4O3.HI/c1-22-20(23-14-16-3-4-17(21)13-18(16)27-2)25-7-5-15(6-8-25)19(26)24-9-11-28-12-10-24;/h3-4,13,15H,5-12,14H2,1-2H3,(H,22,23);1H. The number of benzene rings is 1. The van der Waals surface area contributed by atoms with E-state index in [0.717, 1.165) is 43.2 Å². The zero-order valence-electron chi connectivity index (χ0n) is 17.0. The number of ether oxygens (including phenoxy) is 2. The van der Waals surface area contributed by atoms with Gasteiger partial charge in [-0.05, 0) is 25.0 Å². The summed E-state index contributed by atoms with van der Waals surface area (Å²) in [6.45, 7) is 4.96. The Labute approximate surface area is 194 Å². The maximum atomic E-state index is 12.7. The smallest absolute Gasteiger partial charge is 0.225 e. The molecule has 0 atom stereocenters. The van der Waals surface area contributed by atoms with Crippen molar-refractivity contribution in [3.8, 4) is 5.75 Å². The molecule has 3 rings (SSSR count). The summed E-state index contributed by atoms with van der Waals surface area (Å²) in [4.78, 5) is 21.3. The number of rotatable bonds is 4. The number of piperidine rings is 1. The molecular weight excluding hydrogens is 507 g/mol. The van der Waals surface area contributed by atoms with Crippen LogP contribution in [0.3, 0.4) is 0 Å². The van der Waals surface area contributed by atoms with Crippen molar-refractivity contribution in [3.63, 3.8) is 0 Å². The Morgan fingerprint density at radius 3 is 2.55 bits per heavy atom. The molecule has 2 heterocycles. The van der Waals surface area contributed by atoms with Gasteiger partial charge in [0.25, 0.3) is 0 Å². The fourth-order valence-corrected chi connectivity index (χ4v) is 3.91. The Morgan fingerprint density at radius 1 is 1.24 bits per heavy atom. The van der Waals surface area contributed by atoms with Gasteiger partial charge < -0.3 is 24.6 Å². The summed E-state index contributed by atoms with van der Waals surface area (Å²) < 4.78 is 10.8. The number of methoxy groups -OCH3 is 1. The van der Waals surface area contributed by atoms with Gasteiger partial charge in [-0.15, -0.1) is 24.0 Å². The highest BCUT2D eigenvalue weighted by molar-refractivity contribution is 14.0. The number of morpholine rings is 1.